The van der Waals surface area contributed by atoms with E-state index in [1.807, 2.05) is 0 Å². The topological polar surface area (TPSA) is 189 Å². The molecule has 424 valence electrons. The Bertz CT molecular complexity index is 1120. The van der Waals surface area contributed by atoms with Crippen molar-refractivity contribution in [1.29, 1.82) is 0 Å². The Morgan fingerprint density at radius 1 is 0.437 bits per heavy atom. The molecule has 0 aromatic rings. The van der Waals surface area contributed by atoms with Crippen LogP contribution in [0.5, 0.6) is 0 Å². The Morgan fingerprint density at radius 3 is 1.04 bits per heavy atom. The van der Waals surface area contributed by atoms with Gasteiger partial charge in [-0.15, -0.1) is 0 Å². The fourth-order valence-corrected chi connectivity index (χ4v) is 10.4. The highest BCUT2D eigenvalue weighted by molar-refractivity contribution is 5.80. The molecule has 1 aliphatic heterocycles. The van der Waals surface area contributed by atoms with E-state index in [-0.39, 0.29) is 6.42 Å². The van der Waals surface area contributed by atoms with E-state index < -0.39 is 74.2 Å². The van der Waals surface area contributed by atoms with Gasteiger partial charge in [0.25, 0.3) is 0 Å². The van der Waals surface area contributed by atoms with Crippen LogP contribution in [0.2, 0.25) is 0 Å². The average Bonchev–Trinajstić information content (AvgIpc) is 3.37. The molecule has 0 spiro atoms. The Kier molecular flexibility index (Phi) is 47.9. The van der Waals surface area contributed by atoms with E-state index in [0.717, 1.165) is 38.5 Å². The van der Waals surface area contributed by atoms with Crippen molar-refractivity contribution < 1.29 is 50.0 Å². The van der Waals surface area contributed by atoms with Crippen molar-refractivity contribution in [1.82, 2.24) is 5.32 Å². The molecule has 0 saturated carbocycles. The van der Waals surface area contributed by atoms with Crippen molar-refractivity contribution in [3.8, 4) is 0 Å². The maximum absolute atomic E-state index is 13.1. The summed E-state index contributed by atoms with van der Waals surface area (Å²) in [4.78, 5) is 13.1. The number of rotatable bonds is 54. The van der Waals surface area contributed by atoms with E-state index in [4.69, 9.17) is 9.47 Å². The van der Waals surface area contributed by atoms with Crippen molar-refractivity contribution in [3.05, 3.63) is 0 Å². The summed E-state index contributed by atoms with van der Waals surface area (Å²) in [7, 11) is 0. The molecular formula is C60H119NO10. The molecule has 9 unspecified atom stereocenters. The lowest BCUT2D eigenvalue weighted by Gasteiger charge is -2.40. The van der Waals surface area contributed by atoms with E-state index in [1.165, 1.54) is 231 Å². The van der Waals surface area contributed by atoms with Crippen LogP contribution in [0, 0.1) is 0 Å². The summed E-state index contributed by atoms with van der Waals surface area (Å²) in [5.41, 5.74) is 0. The van der Waals surface area contributed by atoms with Gasteiger partial charge in [0.05, 0.1) is 25.4 Å². The van der Waals surface area contributed by atoms with Crippen LogP contribution in [0.25, 0.3) is 0 Å². The number of aliphatic hydroxyl groups excluding tert-OH is 7. The first-order valence-corrected chi connectivity index (χ1v) is 30.9. The normalized spacial score (nSPS) is 20.0. The molecule has 9 atom stereocenters. The third kappa shape index (κ3) is 38.3. The minimum atomic E-state index is -1.66. The number of hydrogen-bond acceptors (Lipinski definition) is 10. The van der Waals surface area contributed by atoms with E-state index in [0.29, 0.717) is 19.3 Å². The van der Waals surface area contributed by atoms with Gasteiger partial charge in [-0.05, 0) is 12.8 Å². The van der Waals surface area contributed by atoms with Crippen LogP contribution in [0.1, 0.15) is 309 Å². The minimum absolute atomic E-state index is 0.267. The summed E-state index contributed by atoms with van der Waals surface area (Å²) in [5.74, 6) is -0.693. The fraction of sp³-hybridized carbons (Fsp3) is 0.983. The fourth-order valence-electron chi connectivity index (χ4n) is 10.4. The molecule has 1 fully saturated rings. The predicted octanol–water partition coefficient (Wildman–Crippen LogP) is 13.4. The lowest BCUT2D eigenvalue weighted by atomic mass is 9.98. The first kappa shape index (κ1) is 68.1. The Labute approximate surface area is 437 Å². The van der Waals surface area contributed by atoms with Gasteiger partial charge in [0.15, 0.2) is 6.29 Å². The van der Waals surface area contributed by atoms with Gasteiger partial charge in [-0.2, -0.15) is 0 Å². The molecule has 1 amide bonds. The number of unbranched alkanes of at least 4 members (excludes halogenated alkanes) is 42. The second-order valence-corrected chi connectivity index (χ2v) is 22.1. The van der Waals surface area contributed by atoms with Gasteiger partial charge in [0.1, 0.15) is 36.6 Å². The highest BCUT2D eigenvalue weighted by atomic mass is 16.7. The smallest absolute Gasteiger partial charge is 0.249 e. The van der Waals surface area contributed by atoms with Crippen molar-refractivity contribution in [2.24, 2.45) is 0 Å². The van der Waals surface area contributed by atoms with Crippen molar-refractivity contribution in [3.63, 3.8) is 0 Å². The number of carbonyl (C=O) groups is 1. The highest BCUT2D eigenvalue weighted by Gasteiger charge is 2.44. The molecule has 0 aromatic carbocycles. The van der Waals surface area contributed by atoms with Gasteiger partial charge >= 0.3 is 0 Å². The third-order valence-electron chi connectivity index (χ3n) is 15.4. The monoisotopic (exact) mass is 1010 g/mol. The zero-order valence-electron chi connectivity index (χ0n) is 46.5. The Balaban J connectivity index is 2.05. The van der Waals surface area contributed by atoms with Crippen molar-refractivity contribution in [2.75, 3.05) is 13.2 Å². The lowest BCUT2D eigenvalue weighted by molar-refractivity contribution is -0.303. The van der Waals surface area contributed by atoms with E-state index in [1.54, 1.807) is 0 Å². The highest BCUT2D eigenvalue weighted by Crippen LogP contribution is 2.24. The van der Waals surface area contributed by atoms with E-state index >= 15 is 0 Å². The van der Waals surface area contributed by atoms with Gasteiger partial charge in [-0.1, -0.05) is 296 Å². The first-order valence-electron chi connectivity index (χ1n) is 30.9. The van der Waals surface area contributed by atoms with Gasteiger partial charge in [-0.3, -0.25) is 4.79 Å². The van der Waals surface area contributed by atoms with E-state index in [2.05, 4.69) is 19.2 Å². The Morgan fingerprint density at radius 2 is 0.732 bits per heavy atom. The molecule has 71 heavy (non-hydrogen) atoms. The number of aliphatic hydroxyl groups is 7. The number of amides is 1. The summed E-state index contributed by atoms with van der Waals surface area (Å²) in [6.45, 7) is 3.43. The molecule has 1 rings (SSSR count). The van der Waals surface area contributed by atoms with Gasteiger partial charge in [-0.25, -0.2) is 0 Å². The molecule has 1 aliphatic rings. The van der Waals surface area contributed by atoms with Crippen molar-refractivity contribution >= 4 is 5.91 Å². The largest absolute Gasteiger partial charge is 0.394 e. The van der Waals surface area contributed by atoms with Crippen LogP contribution >= 0.6 is 0 Å². The van der Waals surface area contributed by atoms with Gasteiger partial charge in [0.2, 0.25) is 5.91 Å². The number of carbonyl (C=O) groups excluding carboxylic acids is 1. The molecule has 0 bridgehead atoms. The molecule has 1 saturated heterocycles. The maximum atomic E-state index is 13.1. The van der Waals surface area contributed by atoms with Crippen molar-refractivity contribution in [2.45, 2.75) is 364 Å². The summed E-state index contributed by atoms with van der Waals surface area (Å²) in [6.07, 6.45) is 46.7. The van der Waals surface area contributed by atoms with Crippen LogP contribution in [0.3, 0.4) is 0 Å². The molecule has 8 N–H and O–H groups in total. The minimum Gasteiger partial charge on any atom is -0.394 e. The molecule has 1 heterocycles. The van der Waals surface area contributed by atoms with Crippen LogP contribution in [0.4, 0.5) is 0 Å². The second-order valence-electron chi connectivity index (χ2n) is 22.1. The molecule has 0 aromatic heterocycles. The molecule has 0 radical (unpaired) electrons. The number of hydrogen-bond donors (Lipinski definition) is 8. The SMILES string of the molecule is CCCCCCCCCCCCCCCCCCCCCCCCCCCCCCCCCCCCCCC(O)C(=O)NC(COC1OC(CO)C(O)C(O)C1O)C(O)C(O)CCCCCCCCCC. The molecule has 11 heteroatoms. The van der Waals surface area contributed by atoms with E-state index in [9.17, 15) is 40.5 Å². The van der Waals surface area contributed by atoms with Gasteiger partial charge in [0, 0.05) is 0 Å². The molecule has 11 nitrogen and oxygen atoms in total. The van der Waals surface area contributed by atoms with Gasteiger partial charge < -0.3 is 50.5 Å². The quantitative estimate of drug-likeness (QED) is 0.0272. The Hall–Kier alpha value is -0.890. The molecule has 0 aliphatic carbocycles. The second kappa shape index (κ2) is 50.0. The van der Waals surface area contributed by atoms with Crippen LogP contribution in [0.15, 0.2) is 0 Å². The standard InChI is InChI=1S/C60H119NO10/c1-3-5-7-9-11-13-14-15-16-17-18-19-20-21-22-23-24-25-26-27-28-29-30-31-32-33-34-35-36-37-38-39-40-42-44-46-48-53(64)59(69)61-51(50-70-60-58(68)57(67)56(66)54(49-62)71-60)55(65)52(63)47-45-43-41-12-10-8-6-4-2/h51-58,60,62-68H,3-50H2,1-2H3,(H,61,69). The lowest BCUT2D eigenvalue weighted by Crippen LogP contribution is -2.60. The summed E-state index contributed by atoms with van der Waals surface area (Å²) >= 11 is 0. The number of ether oxygens (including phenoxy) is 2. The van der Waals surface area contributed by atoms with Crippen LogP contribution < -0.4 is 5.32 Å². The zero-order chi connectivity index (χ0) is 51.8. The summed E-state index contributed by atoms with van der Waals surface area (Å²) < 4.78 is 11.1. The zero-order valence-corrected chi connectivity index (χ0v) is 46.5. The summed E-state index contributed by atoms with van der Waals surface area (Å²) in [5, 5.41) is 75.7. The number of nitrogens with one attached hydrogen (secondary N) is 1. The predicted molar refractivity (Wildman–Crippen MR) is 293 cm³/mol. The molecular weight excluding hydrogens is 895 g/mol. The van der Waals surface area contributed by atoms with Crippen LogP contribution in [-0.4, -0.2) is 110 Å². The summed E-state index contributed by atoms with van der Waals surface area (Å²) in [6, 6.07) is -1.16. The third-order valence-corrected chi connectivity index (χ3v) is 15.4. The van der Waals surface area contributed by atoms with Crippen LogP contribution in [-0.2, 0) is 14.3 Å². The average molecular weight is 1010 g/mol. The first-order chi connectivity index (χ1) is 34.7. The maximum Gasteiger partial charge on any atom is 0.249 e.